The number of aromatic nitrogens is 2. The molecule has 0 aliphatic heterocycles. The molecule has 1 unspecified atom stereocenters. The lowest BCUT2D eigenvalue weighted by Gasteiger charge is -2.03. The molecule has 1 atom stereocenters. The number of benzene rings is 1. The number of anilines is 1. The summed E-state index contributed by atoms with van der Waals surface area (Å²) in [4.78, 5) is 4.35. The van der Waals surface area contributed by atoms with Crippen molar-refractivity contribution in [3.05, 3.63) is 41.5 Å². The Balaban J connectivity index is 1.88. The van der Waals surface area contributed by atoms with Crippen molar-refractivity contribution in [2.45, 2.75) is 32.3 Å². The van der Waals surface area contributed by atoms with Gasteiger partial charge >= 0.3 is 0 Å². The Morgan fingerprint density at radius 3 is 2.68 bits per heavy atom. The highest BCUT2D eigenvalue weighted by atomic mass is 16.5. The fourth-order valence-corrected chi connectivity index (χ4v) is 1.75. The number of nitrogen functional groups attached to an aromatic ring is 1. The average molecular weight is 261 g/mol. The summed E-state index contributed by atoms with van der Waals surface area (Å²) < 4.78 is 10.4. The third kappa shape index (κ3) is 4.06. The highest BCUT2D eigenvalue weighted by Gasteiger charge is 2.10. The number of hydrogen-bond acceptors (Lipinski definition) is 5. The molecule has 0 aliphatic rings. The molecule has 5 heteroatoms. The van der Waals surface area contributed by atoms with Crippen LogP contribution in [0, 0.1) is 0 Å². The minimum atomic E-state index is 0.0996. The van der Waals surface area contributed by atoms with Crippen molar-refractivity contribution >= 4 is 5.69 Å². The summed E-state index contributed by atoms with van der Waals surface area (Å²) in [7, 11) is 1.67. The Hall–Kier alpha value is -1.88. The molecule has 1 heterocycles. The van der Waals surface area contributed by atoms with Gasteiger partial charge in [0.1, 0.15) is 0 Å². The molecule has 0 aliphatic carbocycles. The SMILES string of the molecule is COC(C)Cc1noc(CCc2ccc(N)cc2)n1. The van der Waals surface area contributed by atoms with E-state index in [0.29, 0.717) is 18.1 Å². The molecule has 102 valence electrons. The summed E-state index contributed by atoms with van der Waals surface area (Å²) in [6, 6.07) is 7.82. The van der Waals surface area contributed by atoms with E-state index in [1.807, 2.05) is 31.2 Å². The largest absolute Gasteiger partial charge is 0.399 e. The molecule has 2 N–H and O–H groups in total. The van der Waals surface area contributed by atoms with Crippen LogP contribution < -0.4 is 5.73 Å². The molecule has 19 heavy (non-hydrogen) atoms. The Bertz CT molecular complexity index is 508. The van der Waals surface area contributed by atoms with Gasteiger partial charge in [-0.3, -0.25) is 0 Å². The number of nitrogens with zero attached hydrogens (tertiary/aromatic N) is 2. The quantitative estimate of drug-likeness (QED) is 0.805. The van der Waals surface area contributed by atoms with Crippen LogP contribution in [0.25, 0.3) is 0 Å². The van der Waals surface area contributed by atoms with E-state index < -0.39 is 0 Å². The smallest absolute Gasteiger partial charge is 0.226 e. The van der Waals surface area contributed by atoms with Crippen LogP contribution in [0.4, 0.5) is 5.69 Å². The number of methoxy groups -OCH3 is 1. The maximum Gasteiger partial charge on any atom is 0.226 e. The zero-order chi connectivity index (χ0) is 13.7. The van der Waals surface area contributed by atoms with E-state index in [0.717, 1.165) is 18.5 Å². The van der Waals surface area contributed by atoms with Crippen molar-refractivity contribution in [1.82, 2.24) is 10.1 Å². The average Bonchev–Trinajstić information content (AvgIpc) is 2.85. The third-order valence-corrected chi connectivity index (χ3v) is 2.99. The van der Waals surface area contributed by atoms with Crippen LogP contribution >= 0.6 is 0 Å². The summed E-state index contributed by atoms with van der Waals surface area (Å²) in [6.07, 6.45) is 2.37. The molecule has 0 saturated carbocycles. The van der Waals surface area contributed by atoms with Gasteiger partial charge in [-0.05, 0) is 31.0 Å². The van der Waals surface area contributed by atoms with Crippen LogP contribution in [0.5, 0.6) is 0 Å². The normalized spacial score (nSPS) is 12.5. The van der Waals surface area contributed by atoms with E-state index in [9.17, 15) is 0 Å². The van der Waals surface area contributed by atoms with E-state index in [1.54, 1.807) is 7.11 Å². The summed E-state index contributed by atoms with van der Waals surface area (Å²) in [6.45, 7) is 1.98. The highest BCUT2D eigenvalue weighted by molar-refractivity contribution is 5.39. The Morgan fingerprint density at radius 2 is 2.00 bits per heavy atom. The lowest BCUT2D eigenvalue weighted by molar-refractivity contribution is 0.116. The second-order valence-electron chi connectivity index (χ2n) is 4.60. The van der Waals surface area contributed by atoms with Crippen LogP contribution in [0.15, 0.2) is 28.8 Å². The first kappa shape index (κ1) is 13.5. The monoisotopic (exact) mass is 261 g/mol. The molecule has 2 aromatic rings. The summed E-state index contributed by atoms with van der Waals surface area (Å²) in [5.41, 5.74) is 7.63. The first-order valence-corrected chi connectivity index (χ1v) is 6.36. The molecule has 1 aromatic carbocycles. The molecule has 2 rings (SSSR count). The topological polar surface area (TPSA) is 74.2 Å². The second kappa shape index (κ2) is 6.33. The molecule has 0 fully saturated rings. The molecule has 0 bridgehead atoms. The molecule has 0 radical (unpaired) electrons. The number of nitrogens with two attached hydrogens (primary N) is 1. The van der Waals surface area contributed by atoms with Crippen molar-refractivity contribution < 1.29 is 9.26 Å². The molecule has 0 saturated heterocycles. The van der Waals surface area contributed by atoms with Crippen LogP contribution in [0.1, 0.15) is 24.2 Å². The second-order valence-corrected chi connectivity index (χ2v) is 4.60. The van der Waals surface area contributed by atoms with Crippen molar-refractivity contribution in [3.8, 4) is 0 Å². The van der Waals surface area contributed by atoms with Gasteiger partial charge in [-0.15, -0.1) is 0 Å². The van der Waals surface area contributed by atoms with Gasteiger partial charge in [0.15, 0.2) is 5.82 Å². The molecular formula is C14H19N3O2. The minimum Gasteiger partial charge on any atom is -0.399 e. The van der Waals surface area contributed by atoms with Gasteiger partial charge in [0.2, 0.25) is 5.89 Å². The number of hydrogen-bond donors (Lipinski definition) is 1. The first-order valence-electron chi connectivity index (χ1n) is 6.36. The van der Waals surface area contributed by atoms with E-state index >= 15 is 0 Å². The van der Waals surface area contributed by atoms with Crippen LogP contribution in [-0.2, 0) is 24.0 Å². The van der Waals surface area contributed by atoms with E-state index in [-0.39, 0.29) is 6.10 Å². The predicted octanol–water partition coefficient (Wildman–Crippen LogP) is 2.01. The van der Waals surface area contributed by atoms with E-state index in [4.69, 9.17) is 15.0 Å². The van der Waals surface area contributed by atoms with E-state index in [1.165, 1.54) is 5.56 Å². The van der Waals surface area contributed by atoms with Gasteiger partial charge in [0.05, 0.1) is 6.10 Å². The molecule has 0 amide bonds. The van der Waals surface area contributed by atoms with Crippen LogP contribution in [0.3, 0.4) is 0 Å². The highest BCUT2D eigenvalue weighted by Crippen LogP contribution is 2.09. The minimum absolute atomic E-state index is 0.0996. The zero-order valence-corrected chi connectivity index (χ0v) is 11.3. The van der Waals surface area contributed by atoms with Gasteiger partial charge in [-0.25, -0.2) is 0 Å². The predicted molar refractivity (Wildman–Crippen MR) is 72.7 cm³/mol. The molecule has 1 aromatic heterocycles. The fraction of sp³-hybridized carbons (Fsp3) is 0.429. The molecular weight excluding hydrogens is 242 g/mol. The molecule has 5 nitrogen and oxygen atoms in total. The third-order valence-electron chi connectivity index (χ3n) is 2.99. The summed E-state index contributed by atoms with van der Waals surface area (Å²) in [5.74, 6) is 1.36. The Kier molecular flexibility index (Phi) is 4.52. The van der Waals surface area contributed by atoms with Crippen LogP contribution in [-0.4, -0.2) is 23.4 Å². The number of aryl methyl sites for hydroxylation is 2. The number of rotatable bonds is 6. The van der Waals surface area contributed by atoms with Crippen molar-refractivity contribution in [1.29, 1.82) is 0 Å². The fourth-order valence-electron chi connectivity index (χ4n) is 1.75. The summed E-state index contributed by atoms with van der Waals surface area (Å²) >= 11 is 0. The first-order chi connectivity index (χ1) is 9.17. The van der Waals surface area contributed by atoms with Crippen molar-refractivity contribution in [2.75, 3.05) is 12.8 Å². The Labute approximate surface area is 112 Å². The van der Waals surface area contributed by atoms with Gasteiger partial charge in [0, 0.05) is 25.6 Å². The molecule has 0 spiro atoms. The lowest BCUT2D eigenvalue weighted by atomic mass is 10.1. The maximum atomic E-state index is 5.64. The van der Waals surface area contributed by atoms with Crippen molar-refractivity contribution in [2.24, 2.45) is 0 Å². The lowest BCUT2D eigenvalue weighted by Crippen LogP contribution is -2.09. The summed E-state index contributed by atoms with van der Waals surface area (Å²) in [5, 5.41) is 3.94. The van der Waals surface area contributed by atoms with Crippen LogP contribution in [0.2, 0.25) is 0 Å². The zero-order valence-electron chi connectivity index (χ0n) is 11.3. The maximum absolute atomic E-state index is 5.64. The van der Waals surface area contributed by atoms with Crippen molar-refractivity contribution in [3.63, 3.8) is 0 Å². The van der Waals surface area contributed by atoms with Gasteiger partial charge < -0.3 is 15.0 Å². The Morgan fingerprint density at radius 1 is 1.26 bits per heavy atom. The van der Waals surface area contributed by atoms with Gasteiger partial charge in [-0.2, -0.15) is 4.98 Å². The number of ether oxygens (including phenoxy) is 1. The van der Waals surface area contributed by atoms with Gasteiger partial charge in [-0.1, -0.05) is 17.3 Å². The van der Waals surface area contributed by atoms with Gasteiger partial charge in [0.25, 0.3) is 0 Å². The standard InChI is InChI=1S/C14H19N3O2/c1-10(18-2)9-13-16-14(19-17-13)8-5-11-3-6-12(15)7-4-11/h3-4,6-7,10H,5,8-9,15H2,1-2H3. The van der Waals surface area contributed by atoms with E-state index in [2.05, 4.69) is 10.1 Å².